The summed E-state index contributed by atoms with van der Waals surface area (Å²) >= 11 is 6.14. The molecule has 1 aliphatic rings. The number of nitrogens with two attached hydrogens (primary N) is 1. The van der Waals surface area contributed by atoms with E-state index in [4.69, 9.17) is 17.3 Å². The molecular weight excluding hydrogens is 256 g/mol. The molecule has 1 heterocycles. The summed E-state index contributed by atoms with van der Waals surface area (Å²) in [6, 6.07) is 9.14. The number of hydrogen-bond acceptors (Lipinski definition) is 2. The maximum Gasteiger partial charge on any atom is 0.0499 e. The predicted molar refractivity (Wildman–Crippen MR) is 82.5 cm³/mol. The molecule has 3 atom stereocenters. The lowest BCUT2D eigenvalue weighted by Crippen LogP contribution is -2.44. The smallest absolute Gasteiger partial charge is 0.0499 e. The Hall–Kier alpha value is -0.570. The normalized spacial score (nSPS) is 24.7. The Morgan fingerprint density at radius 3 is 2.79 bits per heavy atom. The first-order chi connectivity index (χ1) is 9.09. The van der Waals surface area contributed by atoms with Gasteiger partial charge in [0.05, 0.1) is 0 Å². The van der Waals surface area contributed by atoms with Crippen LogP contribution in [0.25, 0.3) is 0 Å². The minimum Gasteiger partial charge on any atom is -0.326 e. The minimum atomic E-state index is 0.110. The number of halogens is 1. The van der Waals surface area contributed by atoms with Crippen molar-refractivity contribution in [3.63, 3.8) is 0 Å². The molecule has 0 radical (unpaired) electrons. The monoisotopic (exact) mass is 280 g/mol. The van der Waals surface area contributed by atoms with Crippen LogP contribution in [0.5, 0.6) is 0 Å². The second-order valence-corrected chi connectivity index (χ2v) is 6.23. The van der Waals surface area contributed by atoms with Crippen molar-refractivity contribution in [2.75, 3.05) is 6.54 Å². The molecule has 106 valence electrons. The lowest BCUT2D eigenvalue weighted by atomic mass is 9.97. The fourth-order valence-corrected chi connectivity index (χ4v) is 3.40. The van der Waals surface area contributed by atoms with Crippen molar-refractivity contribution < 1.29 is 0 Å². The van der Waals surface area contributed by atoms with Crippen LogP contribution in [0.2, 0.25) is 5.02 Å². The molecule has 1 saturated heterocycles. The van der Waals surface area contributed by atoms with E-state index in [0.29, 0.717) is 6.04 Å². The van der Waals surface area contributed by atoms with Gasteiger partial charge in [-0.05, 0) is 50.9 Å². The van der Waals surface area contributed by atoms with E-state index in [0.717, 1.165) is 11.6 Å². The summed E-state index contributed by atoms with van der Waals surface area (Å²) in [7, 11) is 0. The number of benzene rings is 1. The molecule has 0 amide bonds. The number of rotatable bonds is 3. The van der Waals surface area contributed by atoms with E-state index < -0.39 is 0 Å². The highest BCUT2D eigenvalue weighted by Gasteiger charge is 2.28. The molecule has 0 aromatic heterocycles. The van der Waals surface area contributed by atoms with Crippen LogP contribution in [-0.4, -0.2) is 23.5 Å². The quantitative estimate of drug-likeness (QED) is 0.907. The highest BCUT2D eigenvalue weighted by molar-refractivity contribution is 6.30. The molecule has 2 nitrogen and oxygen atoms in total. The van der Waals surface area contributed by atoms with Gasteiger partial charge in [0, 0.05) is 23.1 Å². The molecule has 3 unspecified atom stereocenters. The maximum absolute atomic E-state index is 6.28. The molecule has 2 rings (SSSR count). The third-order valence-electron chi connectivity index (χ3n) is 4.15. The molecule has 1 aromatic rings. The fraction of sp³-hybridized carbons (Fsp3) is 0.625. The molecule has 0 saturated carbocycles. The van der Waals surface area contributed by atoms with E-state index >= 15 is 0 Å². The summed E-state index contributed by atoms with van der Waals surface area (Å²) in [6.45, 7) is 5.56. The predicted octanol–water partition coefficient (Wildman–Crippen LogP) is 3.99. The first-order valence-corrected chi connectivity index (χ1v) is 7.74. The summed E-state index contributed by atoms with van der Waals surface area (Å²) in [6.07, 6.45) is 5.21. The van der Waals surface area contributed by atoms with Crippen molar-refractivity contribution in [3.05, 3.63) is 34.9 Å². The van der Waals surface area contributed by atoms with Gasteiger partial charge in [-0.2, -0.15) is 0 Å². The molecule has 1 aromatic carbocycles. The summed E-state index contributed by atoms with van der Waals surface area (Å²) in [4.78, 5) is 2.57. The van der Waals surface area contributed by atoms with Crippen LogP contribution < -0.4 is 5.73 Å². The Kier molecular flexibility index (Phi) is 5.26. The van der Waals surface area contributed by atoms with Gasteiger partial charge in [0.1, 0.15) is 0 Å². The first-order valence-electron chi connectivity index (χ1n) is 7.36. The van der Waals surface area contributed by atoms with Gasteiger partial charge in [0.2, 0.25) is 0 Å². The Balaban J connectivity index is 2.28. The van der Waals surface area contributed by atoms with Crippen molar-refractivity contribution in [3.8, 4) is 0 Å². The maximum atomic E-state index is 6.28. The summed E-state index contributed by atoms with van der Waals surface area (Å²) in [5.41, 5.74) is 7.52. The van der Waals surface area contributed by atoms with Crippen LogP contribution in [0.4, 0.5) is 0 Å². The standard InChI is InChI=1S/C16H25ClN2/c1-12-7-4-3-5-10-19(12)16(13(2)18)14-8-6-9-15(17)11-14/h6,8-9,11-13,16H,3-5,7,10,18H2,1-2H3. The van der Waals surface area contributed by atoms with Gasteiger partial charge in [-0.25, -0.2) is 0 Å². The van der Waals surface area contributed by atoms with Crippen molar-refractivity contribution in [2.45, 2.75) is 57.7 Å². The number of hydrogen-bond donors (Lipinski definition) is 1. The molecule has 3 heteroatoms. The van der Waals surface area contributed by atoms with Crippen molar-refractivity contribution in [1.82, 2.24) is 4.90 Å². The zero-order valence-corrected chi connectivity index (χ0v) is 12.7. The topological polar surface area (TPSA) is 29.3 Å². The van der Waals surface area contributed by atoms with Crippen molar-refractivity contribution >= 4 is 11.6 Å². The highest BCUT2D eigenvalue weighted by atomic mass is 35.5. The van der Waals surface area contributed by atoms with Crippen LogP contribution in [0.1, 0.15) is 51.1 Å². The Labute approximate surface area is 121 Å². The molecule has 1 fully saturated rings. The summed E-state index contributed by atoms with van der Waals surface area (Å²) in [5, 5.41) is 0.797. The summed E-state index contributed by atoms with van der Waals surface area (Å²) < 4.78 is 0. The van der Waals surface area contributed by atoms with Crippen LogP contribution >= 0.6 is 11.6 Å². The Morgan fingerprint density at radius 2 is 2.11 bits per heavy atom. The zero-order valence-electron chi connectivity index (χ0n) is 12.0. The Bertz CT molecular complexity index is 405. The van der Waals surface area contributed by atoms with E-state index in [1.165, 1.54) is 31.2 Å². The van der Waals surface area contributed by atoms with E-state index in [1.807, 2.05) is 12.1 Å². The van der Waals surface area contributed by atoms with E-state index in [2.05, 4.69) is 30.9 Å². The lowest BCUT2D eigenvalue weighted by molar-refractivity contribution is 0.130. The third-order valence-corrected chi connectivity index (χ3v) is 4.38. The van der Waals surface area contributed by atoms with Gasteiger partial charge >= 0.3 is 0 Å². The molecule has 19 heavy (non-hydrogen) atoms. The average molecular weight is 281 g/mol. The number of likely N-dealkylation sites (tertiary alicyclic amines) is 1. The second-order valence-electron chi connectivity index (χ2n) is 5.80. The second kappa shape index (κ2) is 6.74. The van der Waals surface area contributed by atoms with E-state index in [1.54, 1.807) is 0 Å². The van der Waals surface area contributed by atoms with Gasteiger partial charge in [-0.3, -0.25) is 4.90 Å². The number of nitrogens with zero attached hydrogens (tertiary/aromatic N) is 1. The zero-order chi connectivity index (χ0) is 13.8. The van der Waals surface area contributed by atoms with Crippen LogP contribution in [0.3, 0.4) is 0 Å². The van der Waals surface area contributed by atoms with Crippen LogP contribution in [0, 0.1) is 0 Å². The molecular formula is C16H25ClN2. The van der Waals surface area contributed by atoms with Gasteiger partial charge in [0.25, 0.3) is 0 Å². The first kappa shape index (κ1) is 14.8. The molecule has 0 aliphatic carbocycles. The minimum absolute atomic E-state index is 0.110. The lowest BCUT2D eigenvalue weighted by Gasteiger charge is -2.38. The Morgan fingerprint density at radius 1 is 1.32 bits per heavy atom. The van der Waals surface area contributed by atoms with E-state index in [-0.39, 0.29) is 12.1 Å². The molecule has 2 N–H and O–H groups in total. The van der Waals surface area contributed by atoms with Crippen molar-refractivity contribution in [2.24, 2.45) is 5.73 Å². The summed E-state index contributed by atoms with van der Waals surface area (Å²) in [5.74, 6) is 0. The van der Waals surface area contributed by atoms with Gasteiger partial charge in [-0.1, -0.05) is 36.6 Å². The average Bonchev–Trinajstić information content (AvgIpc) is 2.55. The molecule has 1 aliphatic heterocycles. The van der Waals surface area contributed by atoms with E-state index in [9.17, 15) is 0 Å². The van der Waals surface area contributed by atoms with Crippen molar-refractivity contribution in [1.29, 1.82) is 0 Å². The SMILES string of the molecule is CC(N)C(c1cccc(Cl)c1)N1CCCCCC1C. The van der Waals surface area contributed by atoms with Crippen LogP contribution in [0.15, 0.2) is 24.3 Å². The van der Waals surface area contributed by atoms with Gasteiger partial charge in [0.15, 0.2) is 0 Å². The van der Waals surface area contributed by atoms with Gasteiger partial charge in [-0.15, -0.1) is 0 Å². The third kappa shape index (κ3) is 3.71. The largest absolute Gasteiger partial charge is 0.326 e. The van der Waals surface area contributed by atoms with Gasteiger partial charge < -0.3 is 5.73 Å². The fourth-order valence-electron chi connectivity index (χ4n) is 3.20. The van der Waals surface area contributed by atoms with Crippen LogP contribution in [-0.2, 0) is 0 Å². The molecule has 0 spiro atoms. The highest BCUT2D eigenvalue weighted by Crippen LogP contribution is 2.31. The molecule has 0 bridgehead atoms.